The molecule has 0 atom stereocenters. The van der Waals surface area contributed by atoms with Gasteiger partial charge in [-0.3, -0.25) is 9.69 Å². The molecule has 7 heteroatoms. The molecule has 3 aromatic rings. The van der Waals surface area contributed by atoms with Crippen LogP contribution in [0.1, 0.15) is 24.3 Å². The third-order valence-electron chi connectivity index (χ3n) is 5.96. The fourth-order valence-corrected chi connectivity index (χ4v) is 4.39. The minimum atomic E-state index is -0.0557. The van der Waals surface area contributed by atoms with Gasteiger partial charge in [-0.15, -0.1) is 0 Å². The number of fused-ring (bicyclic) bond motifs is 1. The molecule has 1 saturated heterocycles. The van der Waals surface area contributed by atoms with Crippen LogP contribution in [0.5, 0.6) is 17.2 Å². The Kier molecular flexibility index (Phi) is 6.32. The zero-order chi connectivity index (χ0) is 21.8. The summed E-state index contributed by atoms with van der Waals surface area (Å²) in [6.45, 7) is 2.15. The number of hydrogen-bond acceptors (Lipinski definition) is 5. The number of aromatic nitrogens is 1. The van der Waals surface area contributed by atoms with Crippen molar-refractivity contribution in [3.8, 4) is 17.2 Å². The van der Waals surface area contributed by atoms with Gasteiger partial charge < -0.3 is 24.5 Å². The van der Waals surface area contributed by atoms with E-state index >= 15 is 0 Å². The van der Waals surface area contributed by atoms with E-state index in [1.807, 2.05) is 0 Å². The van der Waals surface area contributed by atoms with Crippen molar-refractivity contribution in [2.24, 2.45) is 0 Å². The van der Waals surface area contributed by atoms with Crippen molar-refractivity contribution in [3.63, 3.8) is 0 Å². The van der Waals surface area contributed by atoms with Crippen molar-refractivity contribution in [1.82, 2.24) is 9.88 Å². The number of piperidine rings is 1. The summed E-state index contributed by atoms with van der Waals surface area (Å²) in [7, 11) is 4.67. The van der Waals surface area contributed by atoms with E-state index in [9.17, 15) is 4.79 Å². The van der Waals surface area contributed by atoms with Crippen LogP contribution in [-0.2, 0) is 4.79 Å². The molecule has 7 nitrogen and oxygen atoms in total. The summed E-state index contributed by atoms with van der Waals surface area (Å²) in [5.41, 5.74) is 3.19. The van der Waals surface area contributed by atoms with Gasteiger partial charge in [-0.1, -0.05) is 18.2 Å². The molecule has 0 unspecified atom stereocenters. The highest BCUT2D eigenvalue weighted by Gasteiger charge is 2.24. The summed E-state index contributed by atoms with van der Waals surface area (Å²) < 4.78 is 16.1. The van der Waals surface area contributed by atoms with E-state index in [2.05, 4.69) is 45.7 Å². The predicted octanol–water partition coefficient (Wildman–Crippen LogP) is 4.01. The highest BCUT2D eigenvalue weighted by atomic mass is 16.5. The molecule has 31 heavy (non-hydrogen) atoms. The first kappa shape index (κ1) is 21.1. The van der Waals surface area contributed by atoms with Gasteiger partial charge in [0.2, 0.25) is 11.7 Å². The Morgan fingerprint density at radius 2 is 1.74 bits per heavy atom. The molecule has 0 saturated carbocycles. The van der Waals surface area contributed by atoms with E-state index in [0.717, 1.165) is 25.9 Å². The van der Waals surface area contributed by atoms with E-state index < -0.39 is 0 Å². The number of aromatic amines is 1. The van der Waals surface area contributed by atoms with Crippen LogP contribution in [0.4, 0.5) is 5.69 Å². The van der Waals surface area contributed by atoms with Crippen LogP contribution in [0.25, 0.3) is 10.9 Å². The quantitative estimate of drug-likeness (QED) is 0.601. The number of hydrogen-bond donors (Lipinski definition) is 2. The Morgan fingerprint density at radius 1 is 1.06 bits per heavy atom. The molecule has 0 spiro atoms. The number of carbonyl (C=O) groups is 1. The van der Waals surface area contributed by atoms with Gasteiger partial charge in [0.1, 0.15) is 0 Å². The van der Waals surface area contributed by atoms with Crippen molar-refractivity contribution < 1.29 is 19.0 Å². The van der Waals surface area contributed by atoms with Crippen LogP contribution in [-0.4, -0.2) is 56.8 Å². The number of benzene rings is 2. The monoisotopic (exact) mass is 423 g/mol. The van der Waals surface area contributed by atoms with E-state index in [1.54, 1.807) is 33.5 Å². The van der Waals surface area contributed by atoms with Gasteiger partial charge in [0.25, 0.3) is 0 Å². The lowest BCUT2D eigenvalue weighted by atomic mass is 9.89. The molecule has 4 rings (SSSR count). The second kappa shape index (κ2) is 9.31. The molecule has 1 fully saturated rings. The average Bonchev–Trinajstić information content (AvgIpc) is 3.23. The van der Waals surface area contributed by atoms with E-state index in [4.69, 9.17) is 14.2 Å². The maximum Gasteiger partial charge on any atom is 0.238 e. The largest absolute Gasteiger partial charge is 0.493 e. The lowest BCUT2D eigenvalue weighted by molar-refractivity contribution is -0.117. The fraction of sp³-hybridized carbons (Fsp3) is 0.375. The average molecular weight is 424 g/mol. The Morgan fingerprint density at radius 3 is 2.39 bits per heavy atom. The van der Waals surface area contributed by atoms with Crippen LogP contribution < -0.4 is 19.5 Å². The van der Waals surface area contributed by atoms with Crippen molar-refractivity contribution >= 4 is 22.5 Å². The van der Waals surface area contributed by atoms with Gasteiger partial charge >= 0.3 is 0 Å². The van der Waals surface area contributed by atoms with E-state index in [-0.39, 0.29) is 5.91 Å². The second-order valence-electron chi connectivity index (χ2n) is 7.80. The van der Waals surface area contributed by atoms with Gasteiger partial charge in [-0.25, -0.2) is 0 Å². The zero-order valence-corrected chi connectivity index (χ0v) is 18.2. The zero-order valence-electron chi connectivity index (χ0n) is 18.2. The van der Waals surface area contributed by atoms with Crippen LogP contribution >= 0.6 is 0 Å². The molecule has 0 aliphatic carbocycles. The molecule has 0 radical (unpaired) electrons. The molecule has 2 aromatic carbocycles. The van der Waals surface area contributed by atoms with Gasteiger partial charge in [-0.05, 0) is 43.5 Å². The standard InChI is InChI=1S/C24H29N3O4/c1-29-21-12-17(13-22(30-2)24(21)31-3)26-23(28)15-27-10-8-16(9-11-27)19-14-25-20-7-5-4-6-18(19)20/h4-7,12-14,16,25H,8-11,15H2,1-3H3,(H,26,28). The molecule has 1 aliphatic heterocycles. The molecular formula is C24H29N3O4. The molecule has 1 aromatic heterocycles. The Hall–Kier alpha value is -3.19. The lowest BCUT2D eigenvalue weighted by Gasteiger charge is -2.31. The Labute approximate surface area is 182 Å². The van der Waals surface area contributed by atoms with Crippen LogP contribution in [0.15, 0.2) is 42.6 Å². The van der Waals surface area contributed by atoms with E-state index in [1.165, 1.54) is 16.5 Å². The summed E-state index contributed by atoms with van der Waals surface area (Å²) in [4.78, 5) is 18.2. The maximum absolute atomic E-state index is 12.6. The number of para-hydroxylation sites is 1. The maximum atomic E-state index is 12.6. The predicted molar refractivity (Wildman–Crippen MR) is 121 cm³/mol. The summed E-state index contributed by atoms with van der Waals surface area (Å²) in [6.07, 6.45) is 4.22. The fourth-order valence-electron chi connectivity index (χ4n) is 4.39. The van der Waals surface area contributed by atoms with Gasteiger partial charge in [0, 0.05) is 34.9 Å². The SMILES string of the molecule is COc1cc(NC(=O)CN2CCC(c3c[nH]c4ccccc34)CC2)cc(OC)c1OC. The molecule has 2 heterocycles. The first-order valence-electron chi connectivity index (χ1n) is 10.5. The van der Waals surface area contributed by atoms with Crippen molar-refractivity contribution in [3.05, 3.63) is 48.2 Å². The minimum absolute atomic E-state index is 0.0557. The number of anilines is 1. The number of H-pyrrole nitrogens is 1. The normalized spacial score (nSPS) is 15.1. The summed E-state index contributed by atoms with van der Waals surface area (Å²) in [5, 5.41) is 4.26. The van der Waals surface area contributed by atoms with Crippen LogP contribution in [0.2, 0.25) is 0 Å². The Balaban J connectivity index is 1.35. The number of ether oxygens (including phenoxy) is 3. The highest BCUT2D eigenvalue weighted by molar-refractivity contribution is 5.93. The minimum Gasteiger partial charge on any atom is -0.493 e. The third kappa shape index (κ3) is 4.46. The molecule has 2 N–H and O–H groups in total. The highest BCUT2D eigenvalue weighted by Crippen LogP contribution is 2.40. The van der Waals surface area contributed by atoms with Gasteiger partial charge in [0.15, 0.2) is 11.5 Å². The topological polar surface area (TPSA) is 75.8 Å². The molecular weight excluding hydrogens is 394 g/mol. The lowest BCUT2D eigenvalue weighted by Crippen LogP contribution is -2.38. The van der Waals surface area contributed by atoms with E-state index in [0.29, 0.717) is 35.4 Å². The second-order valence-corrected chi connectivity index (χ2v) is 7.80. The van der Waals surface area contributed by atoms with Crippen LogP contribution in [0.3, 0.4) is 0 Å². The summed E-state index contributed by atoms with van der Waals surface area (Å²) >= 11 is 0. The summed E-state index contributed by atoms with van der Waals surface area (Å²) in [6, 6.07) is 11.9. The number of likely N-dealkylation sites (tertiary alicyclic amines) is 1. The number of nitrogens with zero attached hydrogens (tertiary/aromatic N) is 1. The molecule has 1 aliphatic rings. The molecule has 164 valence electrons. The molecule has 1 amide bonds. The molecule has 0 bridgehead atoms. The number of methoxy groups -OCH3 is 3. The van der Waals surface area contributed by atoms with Crippen molar-refractivity contribution in [2.45, 2.75) is 18.8 Å². The van der Waals surface area contributed by atoms with Gasteiger partial charge in [0.05, 0.1) is 27.9 Å². The first-order valence-corrected chi connectivity index (χ1v) is 10.5. The number of nitrogens with one attached hydrogen (secondary N) is 2. The van der Waals surface area contributed by atoms with Crippen LogP contribution in [0, 0.1) is 0 Å². The first-order chi connectivity index (χ1) is 15.1. The summed E-state index contributed by atoms with van der Waals surface area (Å²) in [5.74, 6) is 1.99. The Bertz CT molecular complexity index is 1030. The van der Waals surface area contributed by atoms with Crippen molar-refractivity contribution in [1.29, 1.82) is 0 Å². The van der Waals surface area contributed by atoms with Gasteiger partial charge in [-0.2, -0.15) is 0 Å². The third-order valence-corrected chi connectivity index (χ3v) is 5.96. The van der Waals surface area contributed by atoms with Crippen molar-refractivity contribution in [2.75, 3.05) is 46.3 Å². The number of rotatable bonds is 7. The smallest absolute Gasteiger partial charge is 0.238 e. The number of amides is 1. The number of carbonyl (C=O) groups excluding carboxylic acids is 1.